The van der Waals surface area contributed by atoms with Crippen molar-refractivity contribution in [3.05, 3.63) is 47.2 Å². The summed E-state index contributed by atoms with van der Waals surface area (Å²) in [4.78, 5) is 15.7. The van der Waals surface area contributed by atoms with E-state index in [-0.39, 0.29) is 24.5 Å². The molecule has 0 saturated carbocycles. The zero-order chi connectivity index (χ0) is 14.5. The second-order valence-electron chi connectivity index (χ2n) is 4.19. The van der Waals surface area contributed by atoms with Crippen LogP contribution in [0.1, 0.15) is 27.7 Å². The number of phenolic OH excluding ortho intramolecular Hbond substituents is 1. The molecule has 0 radical (unpaired) electrons. The normalized spacial score (nSPS) is 10.5. The number of aromatic nitrogens is 1. The minimum Gasteiger partial charge on any atom is -0.508 e. The van der Waals surface area contributed by atoms with E-state index < -0.39 is 5.97 Å². The smallest absolute Gasteiger partial charge is 0.360 e. The SMILES string of the molecule is COC(=O)c1nc(Cc2ccc(O)cc2)oc1CCO. The summed E-state index contributed by atoms with van der Waals surface area (Å²) in [6, 6.07) is 6.61. The molecule has 106 valence electrons. The second-order valence-corrected chi connectivity index (χ2v) is 4.19. The first-order valence-corrected chi connectivity index (χ1v) is 6.09. The van der Waals surface area contributed by atoms with E-state index in [2.05, 4.69) is 9.72 Å². The highest BCUT2D eigenvalue weighted by Gasteiger charge is 2.20. The monoisotopic (exact) mass is 277 g/mol. The van der Waals surface area contributed by atoms with Gasteiger partial charge in [0.05, 0.1) is 13.7 Å². The average molecular weight is 277 g/mol. The molecular weight excluding hydrogens is 262 g/mol. The molecule has 20 heavy (non-hydrogen) atoms. The summed E-state index contributed by atoms with van der Waals surface area (Å²) < 4.78 is 10.1. The molecule has 6 nitrogen and oxygen atoms in total. The van der Waals surface area contributed by atoms with Gasteiger partial charge in [0.25, 0.3) is 0 Å². The predicted octanol–water partition coefficient (Wildman–Crippen LogP) is 1.29. The first-order chi connectivity index (χ1) is 9.63. The van der Waals surface area contributed by atoms with Crippen molar-refractivity contribution < 1.29 is 24.2 Å². The van der Waals surface area contributed by atoms with Crippen LogP contribution in [0, 0.1) is 0 Å². The number of rotatable bonds is 5. The Labute approximate surface area is 115 Å². The Kier molecular flexibility index (Phi) is 4.37. The Hall–Kier alpha value is -2.34. The summed E-state index contributed by atoms with van der Waals surface area (Å²) in [5.74, 6) is 0.263. The third-order valence-electron chi connectivity index (χ3n) is 2.75. The highest BCUT2D eigenvalue weighted by Crippen LogP contribution is 2.17. The van der Waals surface area contributed by atoms with Crippen molar-refractivity contribution in [1.29, 1.82) is 0 Å². The number of carbonyl (C=O) groups excluding carboxylic acids is 1. The van der Waals surface area contributed by atoms with Crippen LogP contribution in [0.4, 0.5) is 0 Å². The van der Waals surface area contributed by atoms with Gasteiger partial charge < -0.3 is 19.4 Å². The molecule has 0 unspecified atom stereocenters. The molecule has 1 aromatic heterocycles. The summed E-state index contributed by atoms with van der Waals surface area (Å²) in [5.41, 5.74) is 0.978. The fourth-order valence-electron chi connectivity index (χ4n) is 1.79. The molecule has 2 aromatic rings. The number of hydrogen-bond donors (Lipinski definition) is 2. The number of aliphatic hydroxyl groups excluding tert-OH is 1. The fourth-order valence-corrected chi connectivity index (χ4v) is 1.79. The maximum Gasteiger partial charge on any atom is 0.360 e. The third kappa shape index (κ3) is 3.16. The summed E-state index contributed by atoms with van der Waals surface area (Å²) in [7, 11) is 1.26. The molecule has 1 aromatic carbocycles. The van der Waals surface area contributed by atoms with E-state index in [0.29, 0.717) is 18.1 Å². The Morgan fingerprint density at radius 1 is 1.35 bits per heavy atom. The van der Waals surface area contributed by atoms with Crippen molar-refractivity contribution in [2.75, 3.05) is 13.7 Å². The Morgan fingerprint density at radius 2 is 2.05 bits per heavy atom. The third-order valence-corrected chi connectivity index (χ3v) is 2.75. The van der Waals surface area contributed by atoms with Gasteiger partial charge in [-0.05, 0) is 17.7 Å². The van der Waals surface area contributed by atoms with E-state index in [1.807, 2.05) is 0 Å². The number of aliphatic hydroxyl groups is 1. The highest BCUT2D eigenvalue weighted by molar-refractivity contribution is 5.88. The average Bonchev–Trinajstić information content (AvgIpc) is 2.84. The number of methoxy groups -OCH3 is 1. The summed E-state index contributed by atoms with van der Waals surface area (Å²) >= 11 is 0. The van der Waals surface area contributed by atoms with Gasteiger partial charge in [-0.25, -0.2) is 9.78 Å². The van der Waals surface area contributed by atoms with Gasteiger partial charge in [0.15, 0.2) is 11.6 Å². The largest absolute Gasteiger partial charge is 0.508 e. The Morgan fingerprint density at radius 3 is 2.65 bits per heavy atom. The van der Waals surface area contributed by atoms with Crippen LogP contribution in [-0.4, -0.2) is 34.9 Å². The summed E-state index contributed by atoms with van der Waals surface area (Å²) in [5, 5.41) is 18.2. The summed E-state index contributed by atoms with van der Waals surface area (Å²) in [6.07, 6.45) is 0.586. The van der Waals surface area contributed by atoms with Crippen molar-refractivity contribution >= 4 is 5.97 Å². The highest BCUT2D eigenvalue weighted by atomic mass is 16.5. The molecule has 0 fully saturated rings. The van der Waals surface area contributed by atoms with Crippen molar-refractivity contribution in [3.8, 4) is 5.75 Å². The lowest BCUT2D eigenvalue weighted by Gasteiger charge is -1.97. The van der Waals surface area contributed by atoms with Crippen LogP contribution in [0.25, 0.3) is 0 Å². The van der Waals surface area contributed by atoms with Crippen molar-refractivity contribution in [1.82, 2.24) is 4.98 Å². The van der Waals surface area contributed by atoms with E-state index in [0.717, 1.165) is 5.56 Å². The lowest BCUT2D eigenvalue weighted by molar-refractivity contribution is 0.0592. The maximum absolute atomic E-state index is 11.6. The van der Waals surface area contributed by atoms with Crippen molar-refractivity contribution in [2.24, 2.45) is 0 Å². The molecule has 0 aliphatic rings. The molecular formula is C14H15NO5. The van der Waals surface area contributed by atoms with E-state index in [4.69, 9.17) is 9.52 Å². The van der Waals surface area contributed by atoms with Crippen LogP contribution in [-0.2, 0) is 17.6 Å². The standard InChI is InChI=1S/C14H15NO5/c1-19-14(18)13-11(6-7-16)20-12(15-13)8-9-2-4-10(17)5-3-9/h2-5,16-17H,6-8H2,1H3. The minimum atomic E-state index is -0.589. The van der Waals surface area contributed by atoms with Crippen LogP contribution in [0.15, 0.2) is 28.7 Å². The van der Waals surface area contributed by atoms with Crippen LogP contribution in [0.3, 0.4) is 0 Å². The number of hydrogen-bond acceptors (Lipinski definition) is 6. The van der Waals surface area contributed by atoms with Gasteiger partial charge in [-0.1, -0.05) is 12.1 Å². The molecule has 0 amide bonds. The first kappa shape index (κ1) is 14.1. The van der Waals surface area contributed by atoms with Crippen LogP contribution in [0.5, 0.6) is 5.75 Å². The first-order valence-electron chi connectivity index (χ1n) is 6.09. The molecule has 0 saturated heterocycles. The predicted molar refractivity (Wildman–Crippen MR) is 69.5 cm³/mol. The second kappa shape index (κ2) is 6.21. The molecule has 2 N–H and O–H groups in total. The quantitative estimate of drug-likeness (QED) is 0.800. The van der Waals surface area contributed by atoms with E-state index in [9.17, 15) is 9.90 Å². The molecule has 0 spiro atoms. The maximum atomic E-state index is 11.6. The van der Waals surface area contributed by atoms with Gasteiger partial charge in [-0.3, -0.25) is 0 Å². The van der Waals surface area contributed by atoms with E-state index in [1.54, 1.807) is 24.3 Å². The number of aromatic hydroxyl groups is 1. The van der Waals surface area contributed by atoms with Gasteiger partial charge in [0.1, 0.15) is 11.5 Å². The van der Waals surface area contributed by atoms with E-state index in [1.165, 1.54) is 7.11 Å². The Balaban J connectivity index is 2.23. The number of phenols is 1. The number of ether oxygens (including phenoxy) is 1. The number of oxazole rings is 1. The molecule has 0 bridgehead atoms. The topological polar surface area (TPSA) is 92.8 Å². The van der Waals surface area contributed by atoms with Gasteiger partial charge >= 0.3 is 5.97 Å². The van der Waals surface area contributed by atoms with Gasteiger partial charge in [0, 0.05) is 12.8 Å². The lowest BCUT2D eigenvalue weighted by atomic mass is 10.1. The van der Waals surface area contributed by atoms with Crippen molar-refractivity contribution in [2.45, 2.75) is 12.8 Å². The fraction of sp³-hybridized carbons (Fsp3) is 0.286. The van der Waals surface area contributed by atoms with Gasteiger partial charge in [-0.2, -0.15) is 0 Å². The lowest BCUT2D eigenvalue weighted by Crippen LogP contribution is -2.06. The molecule has 2 rings (SSSR count). The summed E-state index contributed by atoms with van der Waals surface area (Å²) in [6.45, 7) is -0.141. The van der Waals surface area contributed by atoms with Gasteiger partial charge in [0.2, 0.25) is 0 Å². The zero-order valence-electron chi connectivity index (χ0n) is 11.0. The molecule has 1 heterocycles. The number of benzene rings is 1. The van der Waals surface area contributed by atoms with E-state index >= 15 is 0 Å². The molecule has 6 heteroatoms. The number of esters is 1. The zero-order valence-corrected chi connectivity index (χ0v) is 11.0. The Bertz CT molecular complexity index is 588. The van der Waals surface area contributed by atoms with Crippen LogP contribution in [0.2, 0.25) is 0 Å². The molecule has 0 atom stereocenters. The number of nitrogens with zero attached hydrogens (tertiary/aromatic N) is 1. The number of carbonyl (C=O) groups is 1. The van der Waals surface area contributed by atoms with Crippen LogP contribution >= 0.6 is 0 Å². The van der Waals surface area contributed by atoms with Gasteiger partial charge in [-0.15, -0.1) is 0 Å². The van der Waals surface area contributed by atoms with Crippen LogP contribution < -0.4 is 0 Å². The molecule has 0 aliphatic carbocycles. The minimum absolute atomic E-state index is 0.0929. The van der Waals surface area contributed by atoms with Crippen molar-refractivity contribution in [3.63, 3.8) is 0 Å². The molecule has 0 aliphatic heterocycles.